The maximum absolute atomic E-state index is 3.62. The molecule has 1 aliphatic carbocycles. The molecule has 1 heteroatoms. The molecule has 0 aromatic rings. The van der Waals surface area contributed by atoms with E-state index < -0.39 is 0 Å². The maximum Gasteiger partial charge on any atom is -0.00177 e. The molecule has 0 spiro atoms. The van der Waals surface area contributed by atoms with Crippen LogP contribution in [0.25, 0.3) is 0 Å². The molecule has 17 heavy (non-hydrogen) atoms. The van der Waals surface area contributed by atoms with Crippen molar-refractivity contribution in [1.29, 1.82) is 0 Å². The summed E-state index contributed by atoms with van der Waals surface area (Å²) in [5.74, 6) is 4.91. The zero-order chi connectivity index (χ0) is 12.3. The molecule has 2 unspecified atom stereocenters. The molecule has 0 bridgehead atoms. The summed E-state index contributed by atoms with van der Waals surface area (Å²) < 4.78 is 0. The van der Waals surface area contributed by atoms with Gasteiger partial charge in [-0.3, -0.25) is 0 Å². The highest BCUT2D eigenvalue weighted by Gasteiger charge is 2.33. The summed E-state index contributed by atoms with van der Waals surface area (Å²) >= 11 is 0. The predicted molar refractivity (Wildman–Crippen MR) is 75.0 cm³/mol. The van der Waals surface area contributed by atoms with Gasteiger partial charge in [-0.2, -0.15) is 0 Å². The molecule has 2 atom stereocenters. The van der Waals surface area contributed by atoms with Crippen molar-refractivity contribution in [3.05, 3.63) is 0 Å². The lowest BCUT2D eigenvalue weighted by atomic mass is 9.68. The minimum Gasteiger partial charge on any atom is -0.316 e. The van der Waals surface area contributed by atoms with Crippen LogP contribution in [0, 0.1) is 29.6 Å². The Bertz CT molecular complexity index is 216. The van der Waals surface area contributed by atoms with Crippen molar-refractivity contribution in [2.45, 2.75) is 59.3 Å². The van der Waals surface area contributed by atoms with Gasteiger partial charge in [0.2, 0.25) is 0 Å². The van der Waals surface area contributed by atoms with E-state index in [1.54, 1.807) is 0 Å². The molecule has 2 rings (SSSR count). The summed E-state index contributed by atoms with van der Waals surface area (Å²) in [5, 5.41) is 3.62. The Labute approximate surface area is 108 Å². The maximum atomic E-state index is 3.62. The van der Waals surface area contributed by atoms with Gasteiger partial charge in [0.05, 0.1) is 0 Å². The molecule has 0 radical (unpaired) electrons. The van der Waals surface area contributed by atoms with Gasteiger partial charge >= 0.3 is 0 Å². The van der Waals surface area contributed by atoms with Gasteiger partial charge in [-0.25, -0.2) is 0 Å². The highest BCUT2D eigenvalue weighted by molar-refractivity contribution is 4.85. The smallest absolute Gasteiger partial charge is 0.00177 e. The third-order valence-corrected chi connectivity index (χ3v) is 5.11. The van der Waals surface area contributed by atoms with Crippen molar-refractivity contribution in [3.63, 3.8) is 0 Å². The SMILES string of the molecule is CC(C)CC1CNCCC1C1CCC(C)CC1. The van der Waals surface area contributed by atoms with E-state index in [0.29, 0.717) is 0 Å². The first-order valence-corrected chi connectivity index (χ1v) is 7.87. The fraction of sp³-hybridized carbons (Fsp3) is 1.00. The molecule has 1 saturated heterocycles. The van der Waals surface area contributed by atoms with Gasteiger partial charge < -0.3 is 5.32 Å². The van der Waals surface area contributed by atoms with E-state index >= 15 is 0 Å². The van der Waals surface area contributed by atoms with Crippen molar-refractivity contribution in [1.82, 2.24) is 5.32 Å². The van der Waals surface area contributed by atoms with Crippen molar-refractivity contribution >= 4 is 0 Å². The number of hydrogen-bond acceptors (Lipinski definition) is 1. The molecule has 1 aliphatic heterocycles. The Morgan fingerprint density at radius 2 is 1.76 bits per heavy atom. The number of piperidine rings is 1. The van der Waals surface area contributed by atoms with Gasteiger partial charge in [-0.05, 0) is 68.4 Å². The first kappa shape index (κ1) is 13.4. The van der Waals surface area contributed by atoms with Crippen LogP contribution >= 0.6 is 0 Å². The lowest BCUT2D eigenvalue weighted by molar-refractivity contribution is 0.111. The van der Waals surface area contributed by atoms with Crippen LogP contribution in [0.1, 0.15) is 59.3 Å². The van der Waals surface area contributed by atoms with Crippen molar-refractivity contribution in [2.75, 3.05) is 13.1 Å². The molecule has 100 valence electrons. The van der Waals surface area contributed by atoms with E-state index in [-0.39, 0.29) is 0 Å². The van der Waals surface area contributed by atoms with E-state index in [4.69, 9.17) is 0 Å². The Balaban J connectivity index is 1.91. The zero-order valence-corrected chi connectivity index (χ0v) is 12.0. The third kappa shape index (κ3) is 3.71. The molecule has 1 N–H and O–H groups in total. The molecule has 1 heterocycles. The van der Waals surface area contributed by atoms with E-state index in [2.05, 4.69) is 26.1 Å². The van der Waals surface area contributed by atoms with Gasteiger partial charge in [0, 0.05) is 0 Å². The van der Waals surface area contributed by atoms with E-state index in [0.717, 1.165) is 29.6 Å². The van der Waals surface area contributed by atoms with Crippen LogP contribution in [-0.2, 0) is 0 Å². The summed E-state index contributed by atoms with van der Waals surface area (Å²) in [6, 6.07) is 0. The molecule has 1 saturated carbocycles. The minimum absolute atomic E-state index is 0.866. The van der Waals surface area contributed by atoms with Crippen molar-refractivity contribution in [2.24, 2.45) is 29.6 Å². The van der Waals surface area contributed by atoms with Gasteiger partial charge in [0.25, 0.3) is 0 Å². The molecule has 0 amide bonds. The normalized spacial score (nSPS) is 39.5. The Hall–Kier alpha value is -0.0400. The second-order valence-corrected chi connectivity index (χ2v) is 7.07. The largest absolute Gasteiger partial charge is 0.316 e. The number of nitrogens with one attached hydrogen (secondary N) is 1. The Morgan fingerprint density at radius 1 is 1.06 bits per heavy atom. The van der Waals surface area contributed by atoms with E-state index in [9.17, 15) is 0 Å². The Morgan fingerprint density at radius 3 is 2.41 bits per heavy atom. The monoisotopic (exact) mass is 237 g/mol. The van der Waals surface area contributed by atoms with Crippen molar-refractivity contribution in [3.8, 4) is 0 Å². The fourth-order valence-corrected chi connectivity index (χ4v) is 4.14. The molecule has 1 nitrogen and oxygen atoms in total. The quantitative estimate of drug-likeness (QED) is 0.780. The first-order valence-electron chi connectivity index (χ1n) is 7.87. The highest BCUT2D eigenvalue weighted by atomic mass is 14.9. The minimum atomic E-state index is 0.866. The van der Waals surface area contributed by atoms with Gasteiger partial charge in [-0.1, -0.05) is 33.6 Å². The second kappa shape index (κ2) is 6.22. The second-order valence-electron chi connectivity index (χ2n) is 7.07. The van der Waals surface area contributed by atoms with Crippen LogP contribution in [-0.4, -0.2) is 13.1 Å². The van der Waals surface area contributed by atoms with Crippen LogP contribution in [0.15, 0.2) is 0 Å². The highest BCUT2D eigenvalue weighted by Crippen LogP contribution is 2.40. The van der Waals surface area contributed by atoms with Crippen LogP contribution in [0.2, 0.25) is 0 Å². The van der Waals surface area contributed by atoms with Gasteiger partial charge in [0.1, 0.15) is 0 Å². The number of hydrogen-bond donors (Lipinski definition) is 1. The molecule has 0 aromatic carbocycles. The van der Waals surface area contributed by atoms with Gasteiger partial charge in [0.15, 0.2) is 0 Å². The summed E-state index contributed by atoms with van der Waals surface area (Å²) in [4.78, 5) is 0. The topological polar surface area (TPSA) is 12.0 Å². The van der Waals surface area contributed by atoms with Crippen LogP contribution in [0.3, 0.4) is 0 Å². The molecule has 2 fully saturated rings. The zero-order valence-electron chi connectivity index (χ0n) is 12.0. The third-order valence-electron chi connectivity index (χ3n) is 5.11. The molecular formula is C16H31N. The van der Waals surface area contributed by atoms with E-state index in [1.165, 1.54) is 51.6 Å². The average molecular weight is 237 g/mol. The van der Waals surface area contributed by atoms with Gasteiger partial charge in [-0.15, -0.1) is 0 Å². The van der Waals surface area contributed by atoms with Crippen molar-refractivity contribution < 1.29 is 0 Å². The Kier molecular flexibility index (Phi) is 4.90. The lowest BCUT2D eigenvalue weighted by Crippen LogP contribution is -2.41. The fourth-order valence-electron chi connectivity index (χ4n) is 4.14. The standard InChI is InChI=1S/C16H31N/c1-12(2)10-15-11-17-9-8-16(15)14-6-4-13(3)5-7-14/h12-17H,4-11H2,1-3H3. The van der Waals surface area contributed by atoms with Crippen LogP contribution in [0.5, 0.6) is 0 Å². The molecule has 2 aliphatic rings. The average Bonchev–Trinajstić information content (AvgIpc) is 2.30. The summed E-state index contributed by atoms with van der Waals surface area (Å²) in [6.45, 7) is 9.76. The summed E-state index contributed by atoms with van der Waals surface area (Å²) in [5.41, 5.74) is 0. The van der Waals surface area contributed by atoms with Crippen LogP contribution in [0.4, 0.5) is 0 Å². The van der Waals surface area contributed by atoms with Crippen LogP contribution < -0.4 is 5.32 Å². The molecular weight excluding hydrogens is 206 g/mol. The molecule has 0 aromatic heterocycles. The predicted octanol–water partition coefficient (Wildman–Crippen LogP) is 4.08. The summed E-state index contributed by atoms with van der Waals surface area (Å²) in [7, 11) is 0. The first-order chi connectivity index (χ1) is 8.16. The van der Waals surface area contributed by atoms with E-state index in [1.807, 2.05) is 0 Å². The summed E-state index contributed by atoms with van der Waals surface area (Å²) in [6.07, 6.45) is 8.88. The lowest BCUT2D eigenvalue weighted by Gasteiger charge is -2.41. The number of rotatable bonds is 3.